The Balaban J connectivity index is 1.80. The number of carbonyl (C=O) groups is 1. The van der Waals surface area contributed by atoms with Crippen LogP contribution >= 0.6 is 0 Å². The largest absolute Gasteiger partial charge is 0.497 e. The van der Waals surface area contributed by atoms with Gasteiger partial charge in [-0.2, -0.15) is 9.57 Å². The van der Waals surface area contributed by atoms with Gasteiger partial charge in [0.1, 0.15) is 5.75 Å². The summed E-state index contributed by atoms with van der Waals surface area (Å²) in [5.74, 6) is 0.429. The summed E-state index contributed by atoms with van der Waals surface area (Å²) in [5.41, 5.74) is 1.51. The van der Waals surface area contributed by atoms with Gasteiger partial charge in [-0.05, 0) is 54.8 Å². The molecule has 0 radical (unpaired) electrons. The maximum atomic E-state index is 12.5. The first-order chi connectivity index (χ1) is 13.4. The molecule has 148 valence electrons. The number of ether oxygens (including phenoxy) is 1. The molecule has 0 aliphatic rings. The third kappa shape index (κ3) is 5.81. The highest BCUT2D eigenvalue weighted by molar-refractivity contribution is 7.89. The quantitative estimate of drug-likeness (QED) is 0.647. The fourth-order valence-electron chi connectivity index (χ4n) is 2.54. The Morgan fingerprint density at radius 1 is 1.14 bits per heavy atom. The van der Waals surface area contributed by atoms with E-state index in [-0.39, 0.29) is 17.3 Å². The molecule has 0 bridgehead atoms. The van der Waals surface area contributed by atoms with Gasteiger partial charge >= 0.3 is 0 Å². The molecule has 0 aromatic heterocycles. The number of carbonyl (C=O) groups excluding carboxylic acids is 1. The summed E-state index contributed by atoms with van der Waals surface area (Å²) in [6, 6.07) is 15.2. The SMILES string of the molecule is COc1ccc(CCCNC(=O)CN(C)S(=O)(=O)c2ccc(C#N)cc2)cc1. The number of hydrogen-bond acceptors (Lipinski definition) is 5. The van der Waals surface area contributed by atoms with E-state index < -0.39 is 10.0 Å². The highest BCUT2D eigenvalue weighted by Crippen LogP contribution is 2.15. The zero-order chi connectivity index (χ0) is 20.6. The topological polar surface area (TPSA) is 99.5 Å². The minimum atomic E-state index is -3.79. The van der Waals surface area contributed by atoms with E-state index in [2.05, 4.69) is 5.32 Å². The molecule has 28 heavy (non-hydrogen) atoms. The van der Waals surface area contributed by atoms with E-state index in [1.54, 1.807) is 7.11 Å². The van der Waals surface area contributed by atoms with E-state index in [1.165, 1.54) is 31.3 Å². The molecule has 0 atom stereocenters. The maximum Gasteiger partial charge on any atom is 0.243 e. The number of nitrogens with one attached hydrogen (secondary N) is 1. The van der Waals surface area contributed by atoms with Crippen LogP contribution in [0.2, 0.25) is 0 Å². The van der Waals surface area contributed by atoms with Crippen molar-refractivity contribution >= 4 is 15.9 Å². The average Bonchev–Trinajstić information content (AvgIpc) is 2.71. The molecule has 0 aliphatic heterocycles. The first kappa shape index (κ1) is 21.4. The van der Waals surface area contributed by atoms with Gasteiger partial charge in [-0.25, -0.2) is 8.42 Å². The number of likely N-dealkylation sites (N-methyl/N-ethyl adjacent to an activating group) is 1. The smallest absolute Gasteiger partial charge is 0.243 e. The van der Waals surface area contributed by atoms with Crippen LogP contribution in [-0.4, -0.2) is 45.9 Å². The maximum absolute atomic E-state index is 12.5. The van der Waals surface area contributed by atoms with Crippen molar-refractivity contribution in [2.75, 3.05) is 27.2 Å². The number of aryl methyl sites for hydroxylation is 1. The molecule has 1 amide bonds. The number of benzene rings is 2. The van der Waals surface area contributed by atoms with E-state index in [0.29, 0.717) is 12.1 Å². The molecular formula is C20H23N3O4S. The molecule has 8 heteroatoms. The van der Waals surface area contributed by atoms with Gasteiger partial charge in [0.15, 0.2) is 0 Å². The number of rotatable bonds is 9. The molecular weight excluding hydrogens is 378 g/mol. The Hall–Kier alpha value is -2.89. The number of amides is 1. The Morgan fingerprint density at radius 3 is 2.36 bits per heavy atom. The van der Waals surface area contributed by atoms with Gasteiger partial charge in [-0.3, -0.25) is 4.79 Å². The molecule has 0 spiro atoms. The molecule has 0 heterocycles. The number of nitriles is 1. The van der Waals surface area contributed by atoms with Gasteiger partial charge in [-0.1, -0.05) is 12.1 Å². The standard InChI is InChI=1S/C20H23N3O4S/c1-23(28(25,26)19-11-7-17(14-21)8-12-19)15-20(24)22-13-3-4-16-5-9-18(27-2)10-6-16/h5-12H,3-4,13,15H2,1-2H3,(H,22,24). The molecule has 0 fully saturated rings. The van der Waals surface area contributed by atoms with Crippen molar-refractivity contribution in [1.29, 1.82) is 5.26 Å². The minimum absolute atomic E-state index is 0.0429. The van der Waals surface area contributed by atoms with Crippen molar-refractivity contribution in [1.82, 2.24) is 9.62 Å². The van der Waals surface area contributed by atoms with Crippen molar-refractivity contribution in [3.63, 3.8) is 0 Å². The summed E-state index contributed by atoms with van der Waals surface area (Å²) in [6.07, 6.45) is 1.54. The minimum Gasteiger partial charge on any atom is -0.497 e. The molecule has 0 saturated carbocycles. The Morgan fingerprint density at radius 2 is 1.79 bits per heavy atom. The molecule has 1 N–H and O–H groups in total. The van der Waals surface area contributed by atoms with Crippen LogP contribution in [0.1, 0.15) is 17.5 Å². The average molecular weight is 401 g/mol. The van der Waals surface area contributed by atoms with Crippen molar-refractivity contribution in [2.45, 2.75) is 17.7 Å². The predicted octanol–water partition coefficient (Wildman–Crippen LogP) is 1.94. The van der Waals surface area contributed by atoms with Gasteiger partial charge in [0.25, 0.3) is 0 Å². The van der Waals surface area contributed by atoms with E-state index >= 15 is 0 Å². The van der Waals surface area contributed by atoms with Crippen LogP contribution in [-0.2, 0) is 21.2 Å². The summed E-state index contributed by atoms with van der Waals surface area (Å²) in [5, 5.41) is 11.5. The summed E-state index contributed by atoms with van der Waals surface area (Å²) in [7, 11) is -0.822. The van der Waals surface area contributed by atoms with Gasteiger partial charge < -0.3 is 10.1 Å². The van der Waals surface area contributed by atoms with Crippen LogP contribution in [0.4, 0.5) is 0 Å². The number of nitrogens with zero attached hydrogens (tertiary/aromatic N) is 2. The Kier molecular flexibility index (Phi) is 7.55. The fraction of sp³-hybridized carbons (Fsp3) is 0.300. The van der Waals surface area contributed by atoms with Crippen molar-refractivity contribution in [3.05, 3.63) is 59.7 Å². The second-order valence-electron chi connectivity index (χ2n) is 6.20. The second kappa shape index (κ2) is 9.88. The molecule has 0 unspecified atom stereocenters. The van der Waals surface area contributed by atoms with Gasteiger partial charge in [0.05, 0.1) is 30.2 Å². The molecule has 7 nitrogen and oxygen atoms in total. The highest BCUT2D eigenvalue weighted by atomic mass is 32.2. The number of sulfonamides is 1. The fourth-order valence-corrected chi connectivity index (χ4v) is 3.66. The third-order valence-electron chi connectivity index (χ3n) is 4.18. The van der Waals surface area contributed by atoms with E-state index in [4.69, 9.17) is 10.00 Å². The Bertz CT molecular complexity index is 933. The van der Waals surface area contributed by atoms with Crippen LogP contribution in [0.15, 0.2) is 53.4 Å². The third-order valence-corrected chi connectivity index (χ3v) is 6.00. The van der Waals surface area contributed by atoms with Crippen LogP contribution in [0.3, 0.4) is 0 Å². The molecule has 2 aromatic carbocycles. The number of methoxy groups -OCH3 is 1. The second-order valence-corrected chi connectivity index (χ2v) is 8.24. The van der Waals surface area contributed by atoms with E-state index in [9.17, 15) is 13.2 Å². The monoisotopic (exact) mass is 401 g/mol. The van der Waals surface area contributed by atoms with Crippen molar-refractivity contribution in [2.24, 2.45) is 0 Å². The summed E-state index contributed by atoms with van der Waals surface area (Å²) >= 11 is 0. The molecule has 2 rings (SSSR count). The first-order valence-corrected chi connectivity index (χ1v) is 10.2. The molecule has 2 aromatic rings. The van der Waals surface area contributed by atoms with Crippen LogP contribution < -0.4 is 10.1 Å². The zero-order valence-corrected chi connectivity index (χ0v) is 16.7. The van der Waals surface area contributed by atoms with Crippen molar-refractivity contribution < 1.29 is 17.9 Å². The van der Waals surface area contributed by atoms with Crippen LogP contribution in [0, 0.1) is 11.3 Å². The molecule has 0 saturated heterocycles. The lowest BCUT2D eigenvalue weighted by molar-refractivity contribution is -0.121. The number of hydrogen-bond donors (Lipinski definition) is 1. The molecule has 0 aliphatic carbocycles. The van der Waals surface area contributed by atoms with Crippen molar-refractivity contribution in [3.8, 4) is 11.8 Å². The van der Waals surface area contributed by atoms with E-state index in [1.807, 2.05) is 30.3 Å². The van der Waals surface area contributed by atoms with E-state index in [0.717, 1.165) is 28.5 Å². The highest BCUT2D eigenvalue weighted by Gasteiger charge is 2.22. The zero-order valence-electron chi connectivity index (χ0n) is 15.9. The summed E-state index contributed by atoms with van der Waals surface area (Å²) in [4.78, 5) is 12.1. The predicted molar refractivity (Wildman–Crippen MR) is 105 cm³/mol. The summed E-state index contributed by atoms with van der Waals surface area (Å²) in [6.45, 7) is 0.181. The Labute approximate surface area is 165 Å². The van der Waals surface area contributed by atoms with Crippen LogP contribution in [0.5, 0.6) is 5.75 Å². The first-order valence-electron chi connectivity index (χ1n) is 8.73. The lowest BCUT2D eigenvalue weighted by Gasteiger charge is -2.17. The van der Waals surface area contributed by atoms with Crippen LogP contribution in [0.25, 0.3) is 0 Å². The summed E-state index contributed by atoms with van der Waals surface area (Å²) < 4.78 is 31.1. The normalized spacial score (nSPS) is 11.1. The van der Waals surface area contributed by atoms with Gasteiger partial charge in [0.2, 0.25) is 15.9 Å². The lowest BCUT2D eigenvalue weighted by Crippen LogP contribution is -2.38. The van der Waals surface area contributed by atoms with Gasteiger partial charge in [-0.15, -0.1) is 0 Å². The van der Waals surface area contributed by atoms with Gasteiger partial charge in [0, 0.05) is 13.6 Å². The lowest BCUT2D eigenvalue weighted by atomic mass is 10.1.